The lowest BCUT2D eigenvalue weighted by atomic mass is 9.97. The molecule has 0 radical (unpaired) electrons. The summed E-state index contributed by atoms with van der Waals surface area (Å²) in [6, 6.07) is 9.65. The number of nitrogens with two attached hydrogens (primary N) is 1. The number of carbonyl (C=O) groups excluding carboxylic acids is 2. The highest BCUT2D eigenvalue weighted by molar-refractivity contribution is 7.92. The Morgan fingerprint density at radius 3 is 2.58 bits per heavy atom. The fraction of sp³-hybridized carbons (Fsp3) is 0.333. The van der Waals surface area contributed by atoms with E-state index in [9.17, 15) is 22.4 Å². The third kappa shape index (κ3) is 5.59. The van der Waals surface area contributed by atoms with E-state index >= 15 is 0 Å². The zero-order chi connectivity index (χ0) is 22.6. The summed E-state index contributed by atoms with van der Waals surface area (Å²) in [5, 5.41) is 0. The van der Waals surface area contributed by atoms with Crippen LogP contribution in [0.4, 0.5) is 10.1 Å². The van der Waals surface area contributed by atoms with Crippen LogP contribution in [0.1, 0.15) is 28.8 Å². The molecule has 2 aromatic carbocycles. The van der Waals surface area contributed by atoms with Crippen LogP contribution in [0.2, 0.25) is 0 Å². The van der Waals surface area contributed by atoms with Crippen molar-refractivity contribution in [3.63, 3.8) is 0 Å². The molecule has 0 aromatic heterocycles. The van der Waals surface area contributed by atoms with Crippen molar-refractivity contribution in [2.75, 3.05) is 24.9 Å². The number of hydrogen-bond acceptors (Lipinski definition) is 6. The molecule has 3 rings (SSSR count). The van der Waals surface area contributed by atoms with Gasteiger partial charge >= 0.3 is 5.97 Å². The number of methoxy groups -OCH3 is 1. The van der Waals surface area contributed by atoms with E-state index in [4.69, 9.17) is 5.73 Å². The Balaban J connectivity index is 1.71. The number of sulfonamides is 1. The maximum absolute atomic E-state index is 14.1. The number of anilines is 1. The van der Waals surface area contributed by atoms with Crippen molar-refractivity contribution < 1.29 is 27.1 Å². The number of halogens is 1. The molecule has 1 heterocycles. The summed E-state index contributed by atoms with van der Waals surface area (Å²) >= 11 is 0. The Kier molecular flexibility index (Phi) is 6.91. The minimum absolute atomic E-state index is 0.0737. The molecule has 1 amide bonds. The van der Waals surface area contributed by atoms with E-state index in [1.807, 2.05) is 0 Å². The van der Waals surface area contributed by atoms with Crippen molar-refractivity contribution >= 4 is 27.6 Å². The van der Waals surface area contributed by atoms with Crippen LogP contribution < -0.4 is 10.5 Å². The Morgan fingerprint density at radius 1 is 1.23 bits per heavy atom. The van der Waals surface area contributed by atoms with Gasteiger partial charge in [-0.15, -0.1) is 0 Å². The largest absolute Gasteiger partial charge is 0.465 e. The zero-order valence-corrected chi connectivity index (χ0v) is 17.8. The molecule has 1 aliphatic rings. The summed E-state index contributed by atoms with van der Waals surface area (Å²) in [7, 11) is -3.11. The highest BCUT2D eigenvalue weighted by Crippen LogP contribution is 2.22. The van der Waals surface area contributed by atoms with Gasteiger partial charge in [0.1, 0.15) is 10.7 Å². The van der Waals surface area contributed by atoms with Gasteiger partial charge in [-0.25, -0.2) is 17.6 Å². The van der Waals surface area contributed by atoms with Gasteiger partial charge in [-0.3, -0.25) is 14.4 Å². The zero-order valence-electron chi connectivity index (χ0n) is 17.0. The molecular weight excluding hydrogens is 425 g/mol. The van der Waals surface area contributed by atoms with Crippen LogP contribution in [-0.4, -0.2) is 45.4 Å². The van der Waals surface area contributed by atoms with Crippen molar-refractivity contribution in [1.29, 1.82) is 0 Å². The van der Waals surface area contributed by atoms with Gasteiger partial charge in [-0.1, -0.05) is 12.1 Å². The van der Waals surface area contributed by atoms with E-state index in [0.29, 0.717) is 13.1 Å². The topological polar surface area (TPSA) is 119 Å². The lowest BCUT2D eigenvalue weighted by molar-refractivity contribution is -0.123. The second-order valence-electron chi connectivity index (χ2n) is 7.42. The molecule has 8 nitrogen and oxygen atoms in total. The van der Waals surface area contributed by atoms with Gasteiger partial charge < -0.3 is 10.5 Å². The van der Waals surface area contributed by atoms with Gasteiger partial charge in [0.15, 0.2) is 0 Å². The summed E-state index contributed by atoms with van der Waals surface area (Å²) in [5.41, 5.74) is 6.52. The minimum atomic E-state index is -4.26. The summed E-state index contributed by atoms with van der Waals surface area (Å²) in [5.74, 6) is -2.20. The number of esters is 1. The number of likely N-dealkylation sites (tertiary alicyclic amines) is 1. The maximum Gasteiger partial charge on any atom is 0.337 e. The van der Waals surface area contributed by atoms with Crippen LogP contribution in [0.5, 0.6) is 0 Å². The average molecular weight is 450 g/mol. The second kappa shape index (κ2) is 9.44. The molecular formula is C21H24FN3O5S. The normalized spacial score (nSPS) is 17.2. The lowest BCUT2D eigenvalue weighted by Crippen LogP contribution is -2.40. The Hall–Kier alpha value is -2.98. The summed E-state index contributed by atoms with van der Waals surface area (Å²) in [4.78, 5) is 24.5. The van der Waals surface area contributed by atoms with Gasteiger partial charge in [0, 0.05) is 18.8 Å². The van der Waals surface area contributed by atoms with Crippen molar-refractivity contribution in [2.24, 2.45) is 11.7 Å². The number of ether oxygens (including phenoxy) is 1. The number of nitrogens with zero attached hydrogens (tertiary/aromatic N) is 1. The number of rotatable bonds is 7. The molecule has 3 N–H and O–H groups in total. The molecule has 2 aromatic rings. The first-order chi connectivity index (χ1) is 14.7. The number of carbonyl (C=O) groups is 2. The highest BCUT2D eigenvalue weighted by atomic mass is 32.2. The number of hydrogen-bond donors (Lipinski definition) is 2. The third-order valence-corrected chi connectivity index (χ3v) is 6.56. The summed E-state index contributed by atoms with van der Waals surface area (Å²) in [6.45, 7) is 2.06. The minimum Gasteiger partial charge on any atom is -0.465 e. The van der Waals surface area contributed by atoms with Crippen molar-refractivity contribution in [3.05, 3.63) is 59.4 Å². The van der Waals surface area contributed by atoms with Crippen LogP contribution in [0, 0.1) is 11.7 Å². The second-order valence-corrected chi connectivity index (χ2v) is 9.07. The number of nitrogens with one attached hydrogen (secondary N) is 1. The highest BCUT2D eigenvalue weighted by Gasteiger charge is 2.24. The quantitative estimate of drug-likeness (QED) is 0.625. The maximum atomic E-state index is 14.1. The van der Waals surface area contributed by atoms with E-state index in [0.717, 1.165) is 50.3 Å². The molecule has 166 valence electrons. The van der Waals surface area contributed by atoms with Gasteiger partial charge in [0.25, 0.3) is 10.0 Å². The first-order valence-electron chi connectivity index (χ1n) is 9.71. The molecule has 1 aliphatic heterocycles. The van der Waals surface area contributed by atoms with E-state index < -0.39 is 26.7 Å². The molecule has 0 unspecified atom stereocenters. The molecule has 0 bridgehead atoms. The molecule has 0 saturated carbocycles. The Labute approximate surface area is 180 Å². The SMILES string of the molecule is COC(=O)c1ccc(F)c(S(=O)(=O)Nc2ccc(CN3CCC[C@H](C(N)=O)C3)cc2)c1. The molecule has 1 saturated heterocycles. The Morgan fingerprint density at radius 2 is 1.94 bits per heavy atom. The number of primary amides is 1. The number of piperidine rings is 1. The molecule has 0 spiro atoms. The summed E-state index contributed by atoms with van der Waals surface area (Å²) in [6.07, 6.45) is 1.68. The van der Waals surface area contributed by atoms with Crippen molar-refractivity contribution in [3.8, 4) is 0 Å². The van der Waals surface area contributed by atoms with Gasteiger partial charge in [-0.05, 0) is 55.3 Å². The van der Waals surface area contributed by atoms with E-state index in [2.05, 4.69) is 14.4 Å². The first-order valence-corrected chi connectivity index (χ1v) is 11.2. The van der Waals surface area contributed by atoms with Crippen LogP contribution in [0.15, 0.2) is 47.4 Å². The Bertz CT molecular complexity index is 1070. The third-order valence-electron chi connectivity index (χ3n) is 5.16. The summed E-state index contributed by atoms with van der Waals surface area (Å²) < 4.78 is 46.3. The van der Waals surface area contributed by atoms with E-state index in [-0.39, 0.29) is 23.1 Å². The number of amides is 1. The predicted molar refractivity (Wildman–Crippen MR) is 112 cm³/mol. The molecule has 1 fully saturated rings. The van der Waals surface area contributed by atoms with E-state index in [1.54, 1.807) is 24.3 Å². The van der Waals surface area contributed by atoms with Crippen LogP contribution >= 0.6 is 0 Å². The fourth-order valence-electron chi connectivity index (χ4n) is 3.53. The average Bonchev–Trinajstić information content (AvgIpc) is 2.74. The molecule has 0 aliphatic carbocycles. The van der Waals surface area contributed by atoms with Crippen LogP contribution in [0.25, 0.3) is 0 Å². The lowest BCUT2D eigenvalue weighted by Gasteiger charge is -2.31. The molecule has 31 heavy (non-hydrogen) atoms. The first kappa shape index (κ1) is 22.7. The van der Waals surface area contributed by atoms with Crippen molar-refractivity contribution in [1.82, 2.24) is 4.90 Å². The van der Waals surface area contributed by atoms with Gasteiger partial charge in [0.05, 0.1) is 18.6 Å². The predicted octanol–water partition coefficient (Wildman–Crippen LogP) is 2.11. The van der Waals surface area contributed by atoms with Gasteiger partial charge in [-0.2, -0.15) is 0 Å². The fourth-order valence-corrected chi connectivity index (χ4v) is 4.70. The van der Waals surface area contributed by atoms with E-state index in [1.165, 1.54) is 0 Å². The molecule has 1 atom stereocenters. The standard InChI is InChI=1S/C21H24FN3O5S/c1-30-21(27)15-6-9-18(22)19(11-15)31(28,29)24-17-7-4-14(5-8-17)12-25-10-2-3-16(13-25)20(23)26/h4-9,11,16,24H,2-3,10,12-13H2,1H3,(H2,23,26)/t16-/m0/s1. The monoisotopic (exact) mass is 449 g/mol. The number of benzene rings is 2. The van der Waals surface area contributed by atoms with Crippen LogP contribution in [0.3, 0.4) is 0 Å². The van der Waals surface area contributed by atoms with Crippen LogP contribution in [-0.2, 0) is 26.1 Å². The smallest absolute Gasteiger partial charge is 0.337 e. The molecule has 10 heteroatoms. The van der Waals surface area contributed by atoms with Crippen molar-refractivity contribution in [2.45, 2.75) is 24.3 Å². The van der Waals surface area contributed by atoms with Gasteiger partial charge in [0.2, 0.25) is 5.91 Å².